The van der Waals surface area contributed by atoms with E-state index in [2.05, 4.69) is 51.0 Å². The summed E-state index contributed by atoms with van der Waals surface area (Å²) >= 11 is 0. The van der Waals surface area contributed by atoms with E-state index in [0.717, 1.165) is 42.3 Å². The van der Waals surface area contributed by atoms with Crippen LogP contribution in [0.5, 0.6) is 5.88 Å². The molecule has 6 heteroatoms. The van der Waals surface area contributed by atoms with Crippen molar-refractivity contribution in [2.45, 2.75) is 92.9 Å². The summed E-state index contributed by atoms with van der Waals surface area (Å²) in [5, 5.41) is 13.9. The van der Waals surface area contributed by atoms with Gasteiger partial charge in [-0.15, -0.1) is 5.10 Å². The van der Waals surface area contributed by atoms with Gasteiger partial charge in [-0.3, -0.25) is 4.79 Å². The number of aliphatic hydroxyl groups excluding tert-OH is 1. The first-order valence-corrected chi connectivity index (χ1v) is 11.8. The molecule has 2 heterocycles. The predicted octanol–water partition coefficient (Wildman–Crippen LogP) is 5.56. The van der Waals surface area contributed by atoms with E-state index in [9.17, 15) is 4.79 Å². The highest BCUT2D eigenvalue weighted by Gasteiger charge is 2.19. The molecule has 176 valence electrons. The Morgan fingerprint density at radius 2 is 1.66 bits per heavy atom. The fraction of sp³-hybridized carbons (Fsp3) is 0.538. The number of hydrogen-bond donors (Lipinski definition) is 1. The lowest BCUT2D eigenvalue weighted by Crippen LogP contribution is -2.26. The second kappa shape index (κ2) is 11.9. The van der Waals surface area contributed by atoms with Crippen molar-refractivity contribution in [3.05, 3.63) is 51.9 Å². The predicted molar refractivity (Wildman–Crippen MR) is 132 cm³/mol. The average Bonchev–Trinajstić information content (AvgIpc) is 3.24. The lowest BCUT2D eigenvalue weighted by Gasteiger charge is -2.17. The smallest absolute Gasteiger partial charge is 0.291 e. The quantitative estimate of drug-likeness (QED) is 0.497. The summed E-state index contributed by atoms with van der Waals surface area (Å²) in [5.41, 5.74) is 3.86. The molecule has 2 aromatic heterocycles. The molecule has 1 N–H and O–H groups in total. The number of nitrogens with zero attached hydrogens (tertiary/aromatic N) is 3. The van der Waals surface area contributed by atoms with Gasteiger partial charge in [0.15, 0.2) is 0 Å². The van der Waals surface area contributed by atoms with Gasteiger partial charge >= 0.3 is 0 Å². The summed E-state index contributed by atoms with van der Waals surface area (Å²) in [4.78, 5) is 13.0. The molecule has 0 saturated heterocycles. The first-order chi connectivity index (χ1) is 15.3. The molecular weight excluding hydrogens is 402 g/mol. The van der Waals surface area contributed by atoms with Gasteiger partial charge in [-0.1, -0.05) is 45.4 Å². The van der Waals surface area contributed by atoms with Crippen LogP contribution in [0.15, 0.2) is 35.3 Å². The number of ether oxygens (including phenoxy) is 1. The van der Waals surface area contributed by atoms with Crippen LogP contribution in [-0.2, 0) is 6.54 Å². The lowest BCUT2D eigenvalue weighted by molar-refractivity contribution is 0.166. The number of aryl methyl sites for hydroxylation is 3. The highest BCUT2D eigenvalue weighted by atomic mass is 16.5. The van der Waals surface area contributed by atoms with Crippen LogP contribution >= 0.6 is 0 Å². The number of aromatic nitrogens is 3. The van der Waals surface area contributed by atoms with Crippen molar-refractivity contribution in [2.24, 2.45) is 0 Å². The van der Waals surface area contributed by atoms with Gasteiger partial charge in [-0.05, 0) is 64.2 Å². The molecule has 32 heavy (non-hydrogen) atoms. The van der Waals surface area contributed by atoms with E-state index < -0.39 is 0 Å². The van der Waals surface area contributed by atoms with Crippen LogP contribution in [0.3, 0.4) is 0 Å². The van der Waals surface area contributed by atoms with Crippen molar-refractivity contribution >= 4 is 10.9 Å². The fourth-order valence-electron chi connectivity index (χ4n) is 3.63. The summed E-state index contributed by atoms with van der Waals surface area (Å²) in [5.74, 6) is 0.540. The van der Waals surface area contributed by atoms with Crippen LogP contribution in [0.2, 0.25) is 0 Å². The van der Waals surface area contributed by atoms with Crippen molar-refractivity contribution in [1.29, 1.82) is 0 Å². The Kier molecular flexibility index (Phi) is 9.51. The maximum absolute atomic E-state index is 13.0. The summed E-state index contributed by atoms with van der Waals surface area (Å²) in [6.07, 6.45) is 5.55. The zero-order chi connectivity index (χ0) is 23.8. The van der Waals surface area contributed by atoms with Gasteiger partial charge < -0.3 is 14.4 Å². The molecule has 0 aliphatic heterocycles. The Bertz CT molecular complexity index is 1060. The number of fused-ring (bicyclic) bond motifs is 1. The van der Waals surface area contributed by atoms with Gasteiger partial charge in [0.25, 0.3) is 5.56 Å². The zero-order valence-corrected chi connectivity index (χ0v) is 20.7. The summed E-state index contributed by atoms with van der Waals surface area (Å²) in [6, 6.07) is 8.18. The molecule has 3 aromatic rings. The Morgan fingerprint density at radius 1 is 1.00 bits per heavy atom. The van der Waals surface area contributed by atoms with Crippen LogP contribution in [0.4, 0.5) is 0 Å². The molecule has 0 fully saturated rings. The number of benzene rings is 1. The molecule has 0 bridgehead atoms. The van der Waals surface area contributed by atoms with Crippen LogP contribution in [0, 0.1) is 13.8 Å². The van der Waals surface area contributed by atoms with Crippen LogP contribution in [0.1, 0.15) is 71.4 Å². The van der Waals surface area contributed by atoms with E-state index in [1.807, 2.05) is 37.6 Å². The Morgan fingerprint density at radius 3 is 2.16 bits per heavy atom. The maximum atomic E-state index is 13.0. The minimum atomic E-state index is -0.0932. The van der Waals surface area contributed by atoms with Gasteiger partial charge in [0.2, 0.25) is 5.88 Å². The van der Waals surface area contributed by atoms with Crippen molar-refractivity contribution in [1.82, 2.24) is 14.3 Å². The number of hydrogen-bond acceptors (Lipinski definition) is 4. The molecule has 0 atom stereocenters. The number of rotatable bonds is 8. The van der Waals surface area contributed by atoms with E-state index in [0.29, 0.717) is 17.9 Å². The summed E-state index contributed by atoms with van der Waals surface area (Å²) in [6.45, 7) is 14.7. The van der Waals surface area contributed by atoms with Crippen LogP contribution < -0.4 is 10.3 Å². The average molecular weight is 442 g/mol. The Balaban J connectivity index is 0.000000534. The van der Waals surface area contributed by atoms with E-state index in [1.165, 1.54) is 10.2 Å². The summed E-state index contributed by atoms with van der Waals surface area (Å²) in [7, 11) is 0. The molecule has 0 saturated carbocycles. The van der Waals surface area contributed by atoms with Gasteiger partial charge in [0.1, 0.15) is 11.6 Å². The highest BCUT2D eigenvalue weighted by Crippen LogP contribution is 2.27. The molecule has 0 spiro atoms. The third-order valence-corrected chi connectivity index (χ3v) is 5.81. The molecule has 3 rings (SSSR count). The second-order valence-corrected chi connectivity index (χ2v) is 8.19. The molecular formula is C26H39N3O3. The molecule has 0 amide bonds. The topological polar surface area (TPSA) is 69.3 Å². The fourth-order valence-corrected chi connectivity index (χ4v) is 3.63. The van der Waals surface area contributed by atoms with Crippen molar-refractivity contribution in [2.75, 3.05) is 0 Å². The maximum Gasteiger partial charge on any atom is 0.291 e. The van der Waals surface area contributed by atoms with Crippen LogP contribution in [0.25, 0.3) is 16.6 Å². The molecule has 6 nitrogen and oxygen atoms in total. The largest absolute Gasteiger partial charge is 0.473 e. The highest BCUT2D eigenvalue weighted by molar-refractivity contribution is 5.85. The van der Waals surface area contributed by atoms with Gasteiger partial charge in [0, 0.05) is 18.4 Å². The van der Waals surface area contributed by atoms with E-state index in [1.54, 1.807) is 0 Å². The molecule has 0 radical (unpaired) electrons. The van der Waals surface area contributed by atoms with Crippen molar-refractivity contribution in [3.63, 3.8) is 0 Å². The van der Waals surface area contributed by atoms with Gasteiger partial charge in [0.05, 0.1) is 11.5 Å². The SMILES string of the molecule is CCC(CC)Oc1nn(CC)c(=O)c2c1ccn2-c1ccc(C)cc1C.CCC(O)CC. The molecule has 0 aliphatic rings. The van der Waals surface area contributed by atoms with E-state index in [4.69, 9.17) is 9.84 Å². The number of aliphatic hydroxyl groups is 1. The van der Waals surface area contributed by atoms with Gasteiger partial charge in [-0.25, -0.2) is 4.68 Å². The minimum absolute atomic E-state index is 0.0648. The monoisotopic (exact) mass is 441 g/mol. The van der Waals surface area contributed by atoms with E-state index in [-0.39, 0.29) is 17.8 Å². The minimum Gasteiger partial charge on any atom is -0.473 e. The Labute approximate surface area is 191 Å². The first-order valence-electron chi connectivity index (χ1n) is 11.8. The van der Waals surface area contributed by atoms with Gasteiger partial charge in [-0.2, -0.15) is 0 Å². The summed E-state index contributed by atoms with van der Waals surface area (Å²) < 4.78 is 9.58. The third-order valence-electron chi connectivity index (χ3n) is 5.81. The van der Waals surface area contributed by atoms with Crippen LogP contribution in [-0.4, -0.2) is 31.7 Å². The third kappa shape index (κ3) is 5.80. The van der Waals surface area contributed by atoms with Crippen molar-refractivity contribution < 1.29 is 9.84 Å². The lowest BCUT2D eigenvalue weighted by atomic mass is 10.1. The second-order valence-electron chi connectivity index (χ2n) is 8.19. The normalized spacial score (nSPS) is 11.2. The Hall–Kier alpha value is -2.60. The molecule has 1 aromatic carbocycles. The first kappa shape index (κ1) is 25.7. The standard InChI is InChI=1S/C21H27N3O2.C5H12O/c1-6-16(7-2)26-20-17-11-12-23(18-10-9-14(4)13-15(18)5)19(17)21(25)24(8-3)22-20;1-3-5(6)4-2/h9-13,16H,6-8H2,1-5H3;5-6H,3-4H2,1-2H3. The van der Waals surface area contributed by atoms with E-state index >= 15 is 0 Å². The molecule has 0 aliphatic carbocycles. The molecule has 0 unspecified atom stereocenters. The zero-order valence-electron chi connectivity index (χ0n) is 20.7. The van der Waals surface area contributed by atoms with Crippen molar-refractivity contribution in [3.8, 4) is 11.6 Å².